The van der Waals surface area contributed by atoms with Crippen molar-refractivity contribution in [3.63, 3.8) is 0 Å². The minimum Gasteiger partial charge on any atom is -0.455 e. The molecule has 1 heterocycles. The van der Waals surface area contributed by atoms with Crippen molar-refractivity contribution in [2.45, 2.75) is 0 Å². The van der Waals surface area contributed by atoms with Gasteiger partial charge in [0.2, 0.25) is 0 Å². The molecular weight excluding hydrogens is 775 g/mol. The fourth-order valence-electron chi connectivity index (χ4n) is 9.67. The zero-order chi connectivity index (χ0) is 42.4. The standard InChI is InChI=1S/C62H41NO/c1-2-16-42(17-3-1)51-22-6-8-24-55(51)57-26-10-11-27-58(57)56-25-9-7-23-52(56)44-34-36-47(37-35-44)63(49-38-39-53-46(41-49)33-32-43-18-4-5-21-50(43)53)48-20-14-19-45(40-48)54-29-15-30-60-59-28-12-13-31-61(59)64-62(54)60/h1-41H. The van der Waals surface area contributed by atoms with Crippen molar-refractivity contribution in [2.24, 2.45) is 0 Å². The Hall–Kier alpha value is -8.46. The van der Waals surface area contributed by atoms with E-state index in [-0.39, 0.29) is 0 Å². The van der Waals surface area contributed by atoms with Crippen molar-refractivity contribution in [1.29, 1.82) is 0 Å². The predicted molar refractivity (Wildman–Crippen MR) is 271 cm³/mol. The average molecular weight is 816 g/mol. The summed E-state index contributed by atoms with van der Waals surface area (Å²) < 4.78 is 6.53. The first-order valence-corrected chi connectivity index (χ1v) is 21.9. The molecule has 0 saturated heterocycles. The first-order valence-electron chi connectivity index (χ1n) is 21.9. The molecule has 0 unspecified atom stereocenters. The molecule has 2 nitrogen and oxygen atoms in total. The number of hydrogen-bond acceptors (Lipinski definition) is 2. The molecule has 0 aliphatic heterocycles. The SMILES string of the molecule is c1ccc(-c2ccccc2-c2ccccc2-c2ccccc2-c2ccc(N(c3cccc(-c4cccc5c4oc4ccccc45)c3)c3ccc4c(ccc5ccccc54)c3)cc2)cc1. The molecule has 0 spiro atoms. The maximum atomic E-state index is 6.53. The Kier molecular flexibility index (Phi) is 9.20. The minimum absolute atomic E-state index is 0.897. The van der Waals surface area contributed by atoms with E-state index in [0.717, 1.165) is 55.7 Å². The summed E-state index contributed by atoms with van der Waals surface area (Å²) >= 11 is 0. The van der Waals surface area contributed by atoms with Gasteiger partial charge in [0.05, 0.1) is 0 Å². The first kappa shape index (κ1) is 37.3. The normalized spacial score (nSPS) is 11.4. The number of fused-ring (bicyclic) bond motifs is 6. The van der Waals surface area contributed by atoms with Crippen LogP contribution in [0.1, 0.15) is 0 Å². The molecule has 0 N–H and O–H groups in total. The van der Waals surface area contributed by atoms with Crippen molar-refractivity contribution < 1.29 is 4.42 Å². The number of para-hydroxylation sites is 2. The van der Waals surface area contributed by atoms with Crippen molar-refractivity contribution in [3.05, 3.63) is 249 Å². The van der Waals surface area contributed by atoms with Gasteiger partial charge in [0.25, 0.3) is 0 Å². The molecule has 11 aromatic carbocycles. The third-order valence-corrected chi connectivity index (χ3v) is 12.7. The van der Waals surface area contributed by atoms with Crippen LogP contribution in [0.5, 0.6) is 0 Å². The zero-order valence-electron chi connectivity index (χ0n) is 35.0. The molecule has 0 saturated carbocycles. The third kappa shape index (κ3) is 6.52. The summed E-state index contributed by atoms with van der Waals surface area (Å²) in [6.45, 7) is 0. The molecular formula is C62H41NO. The van der Waals surface area contributed by atoms with Crippen molar-refractivity contribution in [3.8, 4) is 55.6 Å². The van der Waals surface area contributed by atoms with Crippen LogP contribution in [0.4, 0.5) is 17.1 Å². The lowest BCUT2D eigenvalue weighted by Gasteiger charge is -2.27. The molecule has 0 aliphatic carbocycles. The lowest BCUT2D eigenvalue weighted by molar-refractivity contribution is 0.670. The van der Waals surface area contributed by atoms with Gasteiger partial charge < -0.3 is 9.32 Å². The monoisotopic (exact) mass is 815 g/mol. The first-order chi connectivity index (χ1) is 31.7. The third-order valence-electron chi connectivity index (χ3n) is 12.7. The number of benzene rings is 11. The number of anilines is 3. The van der Waals surface area contributed by atoms with E-state index in [1.807, 2.05) is 12.1 Å². The lowest BCUT2D eigenvalue weighted by atomic mass is 9.87. The number of furan rings is 1. The molecule has 0 bridgehead atoms. The molecule has 64 heavy (non-hydrogen) atoms. The van der Waals surface area contributed by atoms with Crippen LogP contribution in [0.3, 0.4) is 0 Å². The summed E-state index contributed by atoms with van der Waals surface area (Å²) in [5, 5.41) is 7.19. The topological polar surface area (TPSA) is 16.4 Å². The van der Waals surface area contributed by atoms with E-state index in [2.05, 4.69) is 241 Å². The van der Waals surface area contributed by atoms with Crippen molar-refractivity contribution in [1.82, 2.24) is 0 Å². The summed E-state index contributed by atoms with van der Waals surface area (Å²) in [6, 6.07) is 89.6. The van der Waals surface area contributed by atoms with Crippen molar-refractivity contribution in [2.75, 3.05) is 4.90 Å². The lowest BCUT2D eigenvalue weighted by Crippen LogP contribution is -2.10. The van der Waals surface area contributed by atoms with Crippen LogP contribution in [-0.4, -0.2) is 0 Å². The van der Waals surface area contributed by atoms with Gasteiger partial charge in [-0.05, 0) is 114 Å². The van der Waals surface area contributed by atoms with Gasteiger partial charge in [0.15, 0.2) is 0 Å². The fourth-order valence-corrected chi connectivity index (χ4v) is 9.67. The molecule has 0 radical (unpaired) electrons. The zero-order valence-corrected chi connectivity index (χ0v) is 35.0. The highest BCUT2D eigenvalue weighted by Crippen LogP contribution is 2.44. The number of rotatable bonds is 8. The largest absolute Gasteiger partial charge is 0.455 e. The van der Waals surface area contributed by atoms with Gasteiger partial charge in [0.1, 0.15) is 11.2 Å². The summed E-state index contributed by atoms with van der Waals surface area (Å²) in [5.41, 5.74) is 16.8. The van der Waals surface area contributed by atoms with E-state index < -0.39 is 0 Å². The molecule has 300 valence electrons. The van der Waals surface area contributed by atoms with Gasteiger partial charge in [-0.1, -0.05) is 206 Å². The van der Waals surface area contributed by atoms with E-state index >= 15 is 0 Å². The van der Waals surface area contributed by atoms with Crippen LogP contribution in [0.25, 0.3) is 99.1 Å². The van der Waals surface area contributed by atoms with Gasteiger partial charge in [-0.2, -0.15) is 0 Å². The van der Waals surface area contributed by atoms with E-state index in [4.69, 9.17) is 4.42 Å². The molecule has 0 aliphatic rings. The Balaban J connectivity index is 0.980. The van der Waals surface area contributed by atoms with Gasteiger partial charge in [-0.25, -0.2) is 0 Å². The van der Waals surface area contributed by atoms with Gasteiger partial charge >= 0.3 is 0 Å². The average Bonchev–Trinajstić information content (AvgIpc) is 3.76. The maximum absolute atomic E-state index is 6.53. The van der Waals surface area contributed by atoms with Gasteiger partial charge in [-0.15, -0.1) is 0 Å². The van der Waals surface area contributed by atoms with Crippen LogP contribution >= 0.6 is 0 Å². The summed E-state index contributed by atoms with van der Waals surface area (Å²) in [5.74, 6) is 0. The van der Waals surface area contributed by atoms with E-state index in [9.17, 15) is 0 Å². The summed E-state index contributed by atoms with van der Waals surface area (Å²) in [6.07, 6.45) is 0. The van der Waals surface area contributed by atoms with Crippen LogP contribution in [0, 0.1) is 0 Å². The molecule has 0 fully saturated rings. The van der Waals surface area contributed by atoms with Crippen LogP contribution < -0.4 is 4.90 Å². The Labute approximate surface area is 372 Å². The van der Waals surface area contributed by atoms with Crippen LogP contribution in [0.15, 0.2) is 253 Å². The second kappa shape index (κ2) is 15.8. The van der Waals surface area contributed by atoms with E-state index in [0.29, 0.717) is 0 Å². The predicted octanol–water partition coefficient (Wildman–Crippen LogP) is 17.7. The Morgan fingerprint density at radius 1 is 0.250 bits per heavy atom. The molecule has 12 aromatic rings. The fraction of sp³-hybridized carbons (Fsp3) is 0. The Bertz CT molecular complexity index is 3670. The molecule has 0 amide bonds. The molecule has 2 heteroatoms. The molecule has 1 aromatic heterocycles. The highest BCUT2D eigenvalue weighted by molar-refractivity contribution is 6.10. The molecule has 0 atom stereocenters. The van der Waals surface area contributed by atoms with Crippen LogP contribution in [-0.2, 0) is 0 Å². The quantitative estimate of drug-likeness (QED) is 0.142. The van der Waals surface area contributed by atoms with Crippen molar-refractivity contribution >= 4 is 60.5 Å². The number of hydrogen-bond donors (Lipinski definition) is 0. The Morgan fingerprint density at radius 2 is 0.734 bits per heavy atom. The maximum Gasteiger partial charge on any atom is 0.143 e. The van der Waals surface area contributed by atoms with Gasteiger partial charge in [-0.3, -0.25) is 0 Å². The minimum atomic E-state index is 0.897. The van der Waals surface area contributed by atoms with Gasteiger partial charge in [0, 0.05) is 33.4 Å². The second-order valence-corrected chi connectivity index (χ2v) is 16.4. The highest BCUT2D eigenvalue weighted by Gasteiger charge is 2.19. The summed E-state index contributed by atoms with van der Waals surface area (Å²) in [4.78, 5) is 2.38. The van der Waals surface area contributed by atoms with E-state index in [1.165, 1.54) is 60.5 Å². The highest BCUT2D eigenvalue weighted by atomic mass is 16.3. The Morgan fingerprint density at radius 3 is 1.47 bits per heavy atom. The van der Waals surface area contributed by atoms with Crippen LogP contribution in [0.2, 0.25) is 0 Å². The molecule has 12 rings (SSSR count). The van der Waals surface area contributed by atoms with E-state index in [1.54, 1.807) is 0 Å². The summed E-state index contributed by atoms with van der Waals surface area (Å²) in [7, 11) is 0. The smallest absolute Gasteiger partial charge is 0.143 e. The number of nitrogens with zero attached hydrogens (tertiary/aromatic N) is 1. The second-order valence-electron chi connectivity index (χ2n) is 16.4.